The van der Waals surface area contributed by atoms with Gasteiger partial charge in [-0.15, -0.1) is 0 Å². The van der Waals surface area contributed by atoms with Crippen LogP contribution in [-0.4, -0.2) is 40.5 Å². The summed E-state index contributed by atoms with van der Waals surface area (Å²) in [6.45, 7) is 0.254. The second-order valence-electron chi connectivity index (χ2n) is 3.81. The van der Waals surface area contributed by atoms with Gasteiger partial charge in [0.15, 0.2) is 0 Å². The van der Waals surface area contributed by atoms with Gasteiger partial charge in [-0.3, -0.25) is 14.6 Å². The van der Waals surface area contributed by atoms with E-state index < -0.39 is 5.97 Å². The van der Waals surface area contributed by atoms with Crippen molar-refractivity contribution < 1.29 is 14.7 Å². The fourth-order valence-electron chi connectivity index (χ4n) is 1.38. The quantitative estimate of drug-likeness (QED) is 0.798. The second-order valence-corrected chi connectivity index (χ2v) is 3.81. The summed E-state index contributed by atoms with van der Waals surface area (Å²) < 4.78 is 0. The van der Waals surface area contributed by atoms with Gasteiger partial charge in [0.1, 0.15) is 0 Å². The molecule has 5 heteroatoms. The number of carbonyl (C=O) groups is 2. The molecule has 0 aliphatic heterocycles. The smallest absolute Gasteiger partial charge is 0.305 e. The maximum absolute atomic E-state index is 11.6. The lowest BCUT2D eigenvalue weighted by Gasteiger charge is -2.15. The number of hydrogen-bond acceptors (Lipinski definition) is 3. The number of aromatic nitrogens is 1. The van der Waals surface area contributed by atoms with Crippen LogP contribution in [0.4, 0.5) is 0 Å². The molecule has 1 N–H and O–H groups in total. The summed E-state index contributed by atoms with van der Waals surface area (Å²) in [5.41, 5.74) is 1.06. The number of carboxylic acids is 1. The highest BCUT2D eigenvalue weighted by Crippen LogP contribution is 2.03. The van der Waals surface area contributed by atoms with Crippen molar-refractivity contribution in [3.05, 3.63) is 30.1 Å². The number of aliphatic carboxylic acids is 1. The number of carboxylic acid groups (broad SMARTS) is 1. The van der Waals surface area contributed by atoms with Crippen LogP contribution < -0.4 is 0 Å². The van der Waals surface area contributed by atoms with Crippen LogP contribution in [0.25, 0.3) is 0 Å². The molecule has 0 unspecified atom stereocenters. The van der Waals surface area contributed by atoms with Crippen LogP contribution in [0.15, 0.2) is 24.5 Å². The van der Waals surface area contributed by atoms with Gasteiger partial charge in [0.25, 0.3) is 0 Å². The minimum atomic E-state index is -0.890. The van der Waals surface area contributed by atoms with E-state index in [0.717, 1.165) is 5.56 Å². The normalized spacial score (nSPS) is 9.94. The minimum Gasteiger partial charge on any atom is -0.481 e. The third-order valence-corrected chi connectivity index (χ3v) is 2.46. The van der Waals surface area contributed by atoms with E-state index in [1.54, 1.807) is 19.4 Å². The summed E-state index contributed by atoms with van der Waals surface area (Å²) in [6.07, 6.45) is 4.40. The number of amides is 1. The summed E-state index contributed by atoms with van der Waals surface area (Å²) in [5.74, 6) is -0.929. The van der Waals surface area contributed by atoms with Crippen molar-refractivity contribution in [2.75, 3.05) is 13.6 Å². The molecule has 0 saturated carbocycles. The third kappa shape index (κ3) is 5.10. The van der Waals surface area contributed by atoms with Gasteiger partial charge in [0, 0.05) is 32.4 Å². The highest BCUT2D eigenvalue weighted by molar-refractivity contribution is 5.77. The Kier molecular flexibility index (Phi) is 5.13. The Morgan fingerprint density at radius 3 is 2.53 bits per heavy atom. The average molecular weight is 236 g/mol. The van der Waals surface area contributed by atoms with E-state index in [0.29, 0.717) is 12.8 Å². The van der Waals surface area contributed by atoms with Crippen molar-refractivity contribution in [1.29, 1.82) is 0 Å². The molecule has 0 atom stereocenters. The summed E-state index contributed by atoms with van der Waals surface area (Å²) in [6, 6.07) is 3.73. The average Bonchev–Trinajstić information content (AvgIpc) is 2.34. The SMILES string of the molecule is CN(CCC(=O)O)C(=O)CCc1ccncc1. The number of pyridine rings is 1. The fraction of sp³-hybridized carbons (Fsp3) is 0.417. The van der Waals surface area contributed by atoms with Crippen LogP contribution in [0.3, 0.4) is 0 Å². The first kappa shape index (κ1) is 13.2. The highest BCUT2D eigenvalue weighted by Gasteiger charge is 2.09. The molecule has 0 radical (unpaired) electrons. The van der Waals surface area contributed by atoms with Crippen molar-refractivity contribution in [3.8, 4) is 0 Å². The Morgan fingerprint density at radius 1 is 1.29 bits per heavy atom. The Labute approximate surface area is 100 Å². The molecule has 1 heterocycles. The molecule has 0 aromatic carbocycles. The molecule has 1 amide bonds. The molecule has 1 aromatic heterocycles. The van der Waals surface area contributed by atoms with E-state index in [4.69, 9.17) is 5.11 Å². The van der Waals surface area contributed by atoms with Crippen LogP contribution in [0.2, 0.25) is 0 Å². The number of carbonyl (C=O) groups excluding carboxylic acids is 1. The van der Waals surface area contributed by atoms with Gasteiger partial charge in [0.05, 0.1) is 6.42 Å². The topological polar surface area (TPSA) is 70.5 Å². The van der Waals surface area contributed by atoms with Gasteiger partial charge < -0.3 is 10.0 Å². The molecule has 17 heavy (non-hydrogen) atoms. The zero-order valence-electron chi connectivity index (χ0n) is 9.80. The van der Waals surface area contributed by atoms with E-state index in [-0.39, 0.29) is 18.9 Å². The monoisotopic (exact) mass is 236 g/mol. The predicted molar refractivity (Wildman–Crippen MR) is 62.4 cm³/mol. The molecule has 0 aliphatic rings. The van der Waals surface area contributed by atoms with Gasteiger partial charge in [-0.1, -0.05) is 0 Å². The Balaban J connectivity index is 2.32. The van der Waals surface area contributed by atoms with Crippen molar-refractivity contribution in [1.82, 2.24) is 9.88 Å². The zero-order chi connectivity index (χ0) is 12.7. The molecule has 0 bridgehead atoms. The molecular weight excluding hydrogens is 220 g/mol. The number of hydrogen-bond donors (Lipinski definition) is 1. The fourth-order valence-corrected chi connectivity index (χ4v) is 1.38. The maximum atomic E-state index is 11.6. The Hall–Kier alpha value is -1.91. The molecule has 0 saturated heterocycles. The standard InChI is InChI=1S/C12H16N2O3/c1-14(9-6-12(16)17)11(15)3-2-10-4-7-13-8-5-10/h4-5,7-8H,2-3,6,9H2,1H3,(H,16,17). The van der Waals surface area contributed by atoms with E-state index in [1.807, 2.05) is 12.1 Å². The summed E-state index contributed by atoms with van der Waals surface area (Å²) in [7, 11) is 1.62. The summed E-state index contributed by atoms with van der Waals surface area (Å²) >= 11 is 0. The van der Waals surface area contributed by atoms with Crippen LogP contribution in [0, 0.1) is 0 Å². The molecule has 92 valence electrons. The molecule has 1 aromatic rings. The molecule has 5 nitrogen and oxygen atoms in total. The minimum absolute atomic E-state index is 0.0164. The third-order valence-electron chi connectivity index (χ3n) is 2.46. The summed E-state index contributed by atoms with van der Waals surface area (Å²) in [4.78, 5) is 27.4. The lowest BCUT2D eigenvalue weighted by atomic mass is 10.1. The second kappa shape index (κ2) is 6.62. The van der Waals surface area contributed by atoms with Crippen LogP contribution in [0.5, 0.6) is 0 Å². The van der Waals surface area contributed by atoms with Crippen molar-refractivity contribution in [2.45, 2.75) is 19.3 Å². The zero-order valence-corrected chi connectivity index (χ0v) is 9.80. The van der Waals surface area contributed by atoms with Gasteiger partial charge in [-0.2, -0.15) is 0 Å². The van der Waals surface area contributed by atoms with Crippen molar-refractivity contribution >= 4 is 11.9 Å². The van der Waals surface area contributed by atoms with Gasteiger partial charge in [-0.25, -0.2) is 0 Å². The van der Waals surface area contributed by atoms with Crippen molar-refractivity contribution in [2.24, 2.45) is 0 Å². The van der Waals surface area contributed by atoms with E-state index in [9.17, 15) is 9.59 Å². The predicted octanol–water partition coefficient (Wildman–Crippen LogP) is 0.947. The van der Waals surface area contributed by atoms with Gasteiger partial charge in [0.2, 0.25) is 5.91 Å². The number of aryl methyl sites for hydroxylation is 1. The summed E-state index contributed by atoms with van der Waals surface area (Å²) in [5, 5.41) is 8.51. The Bertz CT molecular complexity index is 379. The van der Waals surface area contributed by atoms with E-state index in [1.165, 1.54) is 4.90 Å². The van der Waals surface area contributed by atoms with Crippen LogP contribution in [0.1, 0.15) is 18.4 Å². The van der Waals surface area contributed by atoms with E-state index in [2.05, 4.69) is 4.98 Å². The van der Waals surface area contributed by atoms with E-state index >= 15 is 0 Å². The van der Waals surface area contributed by atoms with Gasteiger partial charge in [-0.05, 0) is 24.1 Å². The first-order chi connectivity index (χ1) is 8.09. The lowest BCUT2D eigenvalue weighted by Crippen LogP contribution is -2.29. The molecule has 0 spiro atoms. The number of rotatable bonds is 6. The number of nitrogens with zero attached hydrogens (tertiary/aromatic N) is 2. The largest absolute Gasteiger partial charge is 0.481 e. The first-order valence-corrected chi connectivity index (χ1v) is 5.44. The molecular formula is C12H16N2O3. The molecule has 0 aliphatic carbocycles. The Morgan fingerprint density at radius 2 is 1.94 bits per heavy atom. The van der Waals surface area contributed by atoms with Gasteiger partial charge >= 0.3 is 5.97 Å². The van der Waals surface area contributed by atoms with Crippen LogP contribution in [-0.2, 0) is 16.0 Å². The highest BCUT2D eigenvalue weighted by atomic mass is 16.4. The van der Waals surface area contributed by atoms with Crippen LogP contribution >= 0.6 is 0 Å². The molecule has 1 rings (SSSR count). The lowest BCUT2D eigenvalue weighted by molar-refractivity contribution is -0.138. The first-order valence-electron chi connectivity index (χ1n) is 5.44. The maximum Gasteiger partial charge on any atom is 0.305 e. The van der Waals surface area contributed by atoms with Crippen molar-refractivity contribution in [3.63, 3.8) is 0 Å². The molecule has 0 fully saturated rings.